The number of benzene rings is 2. The number of hydrogen-bond donors (Lipinski definition) is 0. The van der Waals surface area contributed by atoms with Crippen LogP contribution in [0.3, 0.4) is 0 Å². The van der Waals surface area contributed by atoms with Gasteiger partial charge in [0.05, 0.1) is 21.0 Å². The van der Waals surface area contributed by atoms with E-state index in [1.807, 2.05) is 0 Å². The van der Waals surface area contributed by atoms with Gasteiger partial charge in [-0.15, -0.1) is 0 Å². The second kappa shape index (κ2) is 6.52. The predicted octanol–water partition coefficient (Wildman–Crippen LogP) is 4.58. The molecule has 0 bridgehead atoms. The van der Waals surface area contributed by atoms with E-state index in [0.29, 0.717) is 0 Å². The summed E-state index contributed by atoms with van der Waals surface area (Å²) in [7, 11) is 0. The van der Waals surface area contributed by atoms with Gasteiger partial charge in [0.25, 0.3) is 0 Å². The Kier molecular flexibility index (Phi) is 4.51. The summed E-state index contributed by atoms with van der Waals surface area (Å²) in [6.07, 6.45) is 2.64. The third kappa shape index (κ3) is 3.08. The van der Waals surface area contributed by atoms with Gasteiger partial charge < -0.3 is 4.74 Å². The molecule has 23 heavy (non-hydrogen) atoms. The van der Waals surface area contributed by atoms with Gasteiger partial charge in [-0.05, 0) is 24.3 Å². The Bertz CT molecular complexity index is 747. The number of hydrogen-bond acceptors (Lipinski definition) is 5. The van der Waals surface area contributed by atoms with Crippen molar-refractivity contribution in [3.05, 3.63) is 80.9 Å². The summed E-state index contributed by atoms with van der Waals surface area (Å²) in [5.41, 5.74) is -0.0911. The number of rotatable bonds is 6. The highest BCUT2D eigenvalue weighted by atomic mass is 16.6. The molecule has 0 aliphatic rings. The molecule has 2 aromatic rings. The third-order valence-electron chi connectivity index (χ3n) is 3.09. The molecule has 0 atom stereocenters. The van der Waals surface area contributed by atoms with Gasteiger partial charge in [0.15, 0.2) is 0 Å². The fourth-order valence-corrected chi connectivity index (χ4v) is 2.08. The van der Waals surface area contributed by atoms with E-state index < -0.39 is 9.85 Å². The Morgan fingerprint density at radius 1 is 0.826 bits per heavy atom. The van der Waals surface area contributed by atoms with Crippen LogP contribution in [0.2, 0.25) is 0 Å². The molecule has 7 nitrogen and oxygen atoms in total. The molecule has 2 rings (SSSR count). The minimum atomic E-state index is -0.616. The fourth-order valence-electron chi connectivity index (χ4n) is 2.08. The molecule has 0 saturated heterocycles. The topological polar surface area (TPSA) is 95.5 Å². The van der Waals surface area contributed by atoms with Gasteiger partial charge in [0.1, 0.15) is 0 Å². The number of nitro benzene ring substituents is 2. The van der Waals surface area contributed by atoms with Crippen molar-refractivity contribution in [3.8, 4) is 11.5 Å². The lowest BCUT2D eigenvalue weighted by Gasteiger charge is -2.09. The highest BCUT2D eigenvalue weighted by molar-refractivity contribution is 5.69. The lowest BCUT2D eigenvalue weighted by atomic mass is 10.1. The summed E-state index contributed by atoms with van der Waals surface area (Å²) in [6, 6.07) is 8.84. The van der Waals surface area contributed by atoms with Gasteiger partial charge in [-0.3, -0.25) is 20.2 Å². The molecule has 0 aromatic heterocycles. The van der Waals surface area contributed by atoms with Crippen LogP contribution in [-0.2, 0) is 0 Å². The van der Waals surface area contributed by atoms with Crippen molar-refractivity contribution in [2.75, 3.05) is 0 Å². The van der Waals surface area contributed by atoms with Crippen molar-refractivity contribution >= 4 is 23.5 Å². The first-order valence-electron chi connectivity index (χ1n) is 6.47. The standard InChI is InChI=1S/C16H12N2O5/c1-3-11-7-5-9-13(15(11)17(19)20)23-14-10-6-8-12(4-2)16(14)18(21)22/h3-10H,1-2H2. The zero-order valence-electron chi connectivity index (χ0n) is 12.0. The Morgan fingerprint density at radius 3 is 1.52 bits per heavy atom. The van der Waals surface area contributed by atoms with Gasteiger partial charge in [-0.1, -0.05) is 37.4 Å². The van der Waals surface area contributed by atoms with Crippen LogP contribution in [0.15, 0.2) is 49.6 Å². The number of para-hydroxylation sites is 2. The zero-order valence-corrected chi connectivity index (χ0v) is 12.0. The van der Waals surface area contributed by atoms with Crippen LogP contribution in [0.25, 0.3) is 12.2 Å². The minimum Gasteiger partial charge on any atom is -0.443 e. The quantitative estimate of drug-likeness (QED) is 0.574. The molecule has 0 spiro atoms. The van der Waals surface area contributed by atoms with Crippen LogP contribution in [0.5, 0.6) is 11.5 Å². The maximum atomic E-state index is 11.3. The smallest absolute Gasteiger partial charge is 0.318 e. The van der Waals surface area contributed by atoms with E-state index in [1.54, 1.807) is 12.1 Å². The Balaban J connectivity index is 2.61. The van der Waals surface area contributed by atoms with Crippen LogP contribution in [0, 0.1) is 20.2 Å². The van der Waals surface area contributed by atoms with Crippen LogP contribution in [-0.4, -0.2) is 9.85 Å². The summed E-state index contributed by atoms with van der Waals surface area (Å²) in [5, 5.41) is 22.5. The van der Waals surface area contributed by atoms with E-state index in [4.69, 9.17) is 4.74 Å². The Hall–Kier alpha value is -3.48. The second-order valence-electron chi connectivity index (χ2n) is 4.41. The van der Waals surface area contributed by atoms with Crippen molar-refractivity contribution in [1.82, 2.24) is 0 Å². The van der Waals surface area contributed by atoms with E-state index in [0.717, 1.165) is 0 Å². The van der Waals surface area contributed by atoms with Gasteiger partial charge >= 0.3 is 11.4 Å². The lowest BCUT2D eigenvalue weighted by molar-refractivity contribution is -0.387. The average molecular weight is 312 g/mol. The molecule has 2 aromatic carbocycles. The van der Waals surface area contributed by atoms with Gasteiger partial charge in [-0.25, -0.2) is 0 Å². The van der Waals surface area contributed by atoms with Gasteiger partial charge in [0, 0.05) is 0 Å². The molecule has 0 heterocycles. The van der Waals surface area contributed by atoms with Crippen molar-refractivity contribution in [3.63, 3.8) is 0 Å². The predicted molar refractivity (Wildman–Crippen MR) is 86.4 cm³/mol. The summed E-state index contributed by atoms with van der Waals surface area (Å²) in [6.45, 7) is 7.03. The van der Waals surface area contributed by atoms with Crippen LogP contribution in [0.1, 0.15) is 11.1 Å². The average Bonchev–Trinajstić information content (AvgIpc) is 2.53. The molecule has 0 fully saturated rings. The molecular weight excluding hydrogens is 300 g/mol. The first-order valence-corrected chi connectivity index (χ1v) is 6.47. The summed E-state index contributed by atoms with van der Waals surface area (Å²) in [4.78, 5) is 21.3. The molecule has 0 saturated carbocycles. The Labute approximate surface area is 131 Å². The first kappa shape index (κ1) is 15.9. The van der Waals surface area contributed by atoms with Crippen molar-refractivity contribution in [2.45, 2.75) is 0 Å². The fraction of sp³-hybridized carbons (Fsp3) is 0. The van der Waals surface area contributed by atoms with E-state index in [9.17, 15) is 20.2 Å². The van der Waals surface area contributed by atoms with E-state index in [2.05, 4.69) is 13.2 Å². The number of nitro groups is 2. The highest BCUT2D eigenvalue weighted by Gasteiger charge is 2.24. The van der Waals surface area contributed by atoms with Crippen molar-refractivity contribution in [1.29, 1.82) is 0 Å². The maximum absolute atomic E-state index is 11.3. The normalized spacial score (nSPS) is 9.91. The van der Waals surface area contributed by atoms with Crippen molar-refractivity contribution in [2.24, 2.45) is 0 Å². The molecule has 0 N–H and O–H groups in total. The lowest BCUT2D eigenvalue weighted by Crippen LogP contribution is -1.99. The molecule has 0 amide bonds. The summed E-state index contributed by atoms with van der Waals surface area (Å²) in [5.74, 6) is -0.201. The van der Waals surface area contributed by atoms with Gasteiger partial charge in [0.2, 0.25) is 11.5 Å². The Morgan fingerprint density at radius 2 is 1.22 bits per heavy atom. The zero-order chi connectivity index (χ0) is 17.0. The molecule has 0 aliphatic heterocycles. The first-order chi connectivity index (χ1) is 11.0. The minimum absolute atomic E-state index is 0.100. The third-order valence-corrected chi connectivity index (χ3v) is 3.09. The molecule has 116 valence electrons. The highest BCUT2D eigenvalue weighted by Crippen LogP contribution is 2.39. The van der Waals surface area contributed by atoms with E-state index in [1.165, 1.54) is 36.4 Å². The van der Waals surface area contributed by atoms with Crippen LogP contribution in [0.4, 0.5) is 11.4 Å². The summed E-state index contributed by atoms with van der Waals surface area (Å²) >= 11 is 0. The molecule has 0 aliphatic carbocycles. The van der Waals surface area contributed by atoms with E-state index >= 15 is 0 Å². The summed E-state index contributed by atoms with van der Waals surface area (Å²) < 4.78 is 5.47. The van der Waals surface area contributed by atoms with Crippen LogP contribution < -0.4 is 4.74 Å². The van der Waals surface area contributed by atoms with Gasteiger partial charge in [-0.2, -0.15) is 0 Å². The van der Waals surface area contributed by atoms with Crippen LogP contribution >= 0.6 is 0 Å². The molecule has 0 unspecified atom stereocenters. The molecular formula is C16H12N2O5. The van der Waals surface area contributed by atoms with Crippen molar-refractivity contribution < 1.29 is 14.6 Å². The monoisotopic (exact) mass is 312 g/mol. The maximum Gasteiger partial charge on any atom is 0.318 e. The number of ether oxygens (including phenoxy) is 1. The number of nitrogens with zero attached hydrogens (tertiary/aromatic N) is 2. The SMILES string of the molecule is C=Cc1cccc(Oc2cccc(C=C)c2[N+](=O)[O-])c1[N+](=O)[O-]. The van der Waals surface area contributed by atoms with E-state index in [-0.39, 0.29) is 34.0 Å². The largest absolute Gasteiger partial charge is 0.443 e. The second-order valence-corrected chi connectivity index (χ2v) is 4.41. The molecule has 7 heteroatoms. The molecule has 0 radical (unpaired) electrons.